The summed E-state index contributed by atoms with van der Waals surface area (Å²) >= 11 is 3.74. The van der Waals surface area contributed by atoms with Crippen molar-refractivity contribution in [3.8, 4) is 11.3 Å². The van der Waals surface area contributed by atoms with Crippen LogP contribution in [0.25, 0.3) is 22.2 Å². The summed E-state index contributed by atoms with van der Waals surface area (Å²) in [4.78, 5) is 30.3. The summed E-state index contributed by atoms with van der Waals surface area (Å²) in [6.45, 7) is 1.72. The van der Waals surface area contributed by atoms with Gasteiger partial charge < -0.3 is 5.32 Å². The molecule has 2 amide bonds. The van der Waals surface area contributed by atoms with E-state index in [4.69, 9.17) is 4.98 Å². The molecule has 2 N–H and O–H groups in total. The van der Waals surface area contributed by atoms with Crippen LogP contribution in [-0.4, -0.2) is 28.5 Å². The number of fused-ring (bicyclic) bond motifs is 1. The van der Waals surface area contributed by atoms with Crippen molar-refractivity contribution >= 4 is 76.9 Å². The van der Waals surface area contributed by atoms with Gasteiger partial charge in [-0.05, 0) is 48.9 Å². The van der Waals surface area contributed by atoms with E-state index in [1.165, 1.54) is 4.72 Å². The van der Waals surface area contributed by atoms with Gasteiger partial charge in [0.1, 0.15) is 5.82 Å². The maximum atomic E-state index is 14.9. The number of aromatic nitrogens is 1. The first-order valence-corrected chi connectivity index (χ1v) is 14.0. The van der Waals surface area contributed by atoms with E-state index in [0.717, 1.165) is 17.7 Å². The number of hydrogen-bond donors (Lipinski definition) is 2. The minimum Gasteiger partial charge on any atom is -0.319 e. The van der Waals surface area contributed by atoms with Gasteiger partial charge in [-0.1, -0.05) is 46.3 Å². The highest BCUT2D eigenvalue weighted by Crippen LogP contribution is 2.32. The van der Waals surface area contributed by atoms with Crippen LogP contribution < -0.4 is 10.0 Å². The summed E-state index contributed by atoms with van der Waals surface area (Å²) in [5.41, 5.74) is 1.81. The SMILES string of the molecule is Cc1c(-c2ccccc2)nc2ccc(Br)cc2c1C(=O)Nc1ccc(C(=O)NS(=O)(=O)C(F)(F)I)cc1F. The second kappa shape index (κ2) is 10.6. The van der Waals surface area contributed by atoms with Crippen molar-refractivity contribution in [1.82, 2.24) is 9.71 Å². The highest BCUT2D eigenvalue weighted by atomic mass is 127. The molecule has 0 atom stereocenters. The van der Waals surface area contributed by atoms with Gasteiger partial charge in [-0.15, -0.1) is 0 Å². The third kappa shape index (κ3) is 5.68. The first-order valence-electron chi connectivity index (χ1n) is 10.7. The topological polar surface area (TPSA) is 105 Å². The van der Waals surface area contributed by atoms with Gasteiger partial charge in [0.15, 0.2) is 0 Å². The molecule has 0 aliphatic carbocycles. The van der Waals surface area contributed by atoms with Crippen LogP contribution in [0.2, 0.25) is 0 Å². The molecule has 1 aromatic heterocycles. The van der Waals surface area contributed by atoms with Gasteiger partial charge >= 0.3 is 13.3 Å². The standard InChI is InChI=1S/C25H16BrF3IN3O4S/c1-13-21(17-12-16(26)8-10-19(17)31-22(13)14-5-3-2-4-6-14)24(35)32-20-9-7-15(11-18(20)27)23(34)33-38(36,37)25(28,29)30/h2-12H,1H3,(H,32,35)(H,33,34). The van der Waals surface area contributed by atoms with E-state index >= 15 is 0 Å². The average Bonchev–Trinajstić information content (AvgIpc) is 2.84. The summed E-state index contributed by atoms with van der Waals surface area (Å²) in [6, 6.07) is 17.1. The minimum atomic E-state index is -5.33. The van der Waals surface area contributed by atoms with Gasteiger partial charge in [0.05, 0.1) is 22.5 Å². The molecule has 3 aromatic carbocycles. The van der Waals surface area contributed by atoms with E-state index in [9.17, 15) is 31.2 Å². The fourth-order valence-electron chi connectivity index (χ4n) is 3.68. The van der Waals surface area contributed by atoms with E-state index in [1.54, 1.807) is 25.1 Å². The Kier molecular flexibility index (Phi) is 7.81. The fourth-order valence-corrected chi connectivity index (χ4v) is 4.85. The number of anilines is 1. The monoisotopic (exact) mass is 717 g/mol. The zero-order chi connectivity index (χ0) is 27.8. The van der Waals surface area contributed by atoms with Crippen molar-refractivity contribution in [3.63, 3.8) is 0 Å². The van der Waals surface area contributed by atoms with Gasteiger partial charge in [-0.3, -0.25) is 9.59 Å². The normalized spacial score (nSPS) is 11.8. The number of halogens is 5. The lowest BCUT2D eigenvalue weighted by atomic mass is 9.97. The molecule has 0 bridgehead atoms. The molecule has 4 rings (SSSR count). The van der Waals surface area contributed by atoms with Crippen LogP contribution in [0, 0.1) is 12.7 Å². The van der Waals surface area contributed by atoms with Crippen LogP contribution in [0.4, 0.5) is 18.9 Å². The number of amides is 2. The molecule has 196 valence electrons. The Bertz CT molecular complexity index is 1700. The summed E-state index contributed by atoms with van der Waals surface area (Å²) in [5.74, 6) is -3.19. The number of nitrogens with zero attached hydrogens (tertiary/aromatic N) is 1. The Morgan fingerprint density at radius 3 is 2.32 bits per heavy atom. The first-order chi connectivity index (χ1) is 17.8. The zero-order valence-electron chi connectivity index (χ0n) is 19.2. The van der Waals surface area contributed by atoms with Crippen LogP contribution in [0.5, 0.6) is 0 Å². The number of hydrogen-bond acceptors (Lipinski definition) is 5. The Morgan fingerprint density at radius 1 is 1.00 bits per heavy atom. The molecular weight excluding hydrogens is 702 g/mol. The molecule has 0 saturated heterocycles. The molecular formula is C25H16BrF3IN3O4S. The number of carbonyl (C=O) groups is 2. The largest absolute Gasteiger partial charge is 0.412 e. The highest BCUT2D eigenvalue weighted by Gasteiger charge is 2.43. The van der Waals surface area contributed by atoms with Crippen LogP contribution in [0.1, 0.15) is 26.3 Å². The number of alkyl halides is 3. The number of carbonyl (C=O) groups excluding carboxylic acids is 2. The van der Waals surface area contributed by atoms with E-state index in [1.807, 2.05) is 30.3 Å². The summed E-state index contributed by atoms with van der Waals surface area (Å²) in [6.07, 6.45) is 0. The van der Waals surface area contributed by atoms with Gasteiger partial charge in [0, 0.05) is 43.6 Å². The van der Waals surface area contributed by atoms with Gasteiger partial charge in [-0.2, -0.15) is 17.2 Å². The van der Waals surface area contributed by atoms with E-state index in [2.05, 4.69) is 21.2 Å². The van der Waals surface area contributed by atoms with Gasteiger partial charge in [0.2, 0.25) is 0 Å². The average molecular weight is 718 g/mol. The molecule has 4 aromatic rings. The second-order valence-corrected chi connectivity index (χ2v) is 12.7. The number of pyridine rings is 1. The lowest BCUT2D eigenvalue weighted by Crippen LogP contribution is -2.39. The first kappa shape index (κ1) is 28.0. The lowest BCUT2D eigenvalue weighted by molar-refractivity contribution is 0.0974. The van der Waals surface area contributed by atoms with Crippen molar-refractivity contribution in [2.45, 2.75) is 10.2 Å². The maximum absolute atomic E-state index is 14.9. The second-order valence-electron chi connectivity index (χ2n) is 8.02. The maximum Gasteiger partial charge on any atom is 0.412 e. The Morgan fingerprint density at radius 2 is 1.68 bits per heavy atom. The molecule has 0 aliphatic rings. The van der Waals surface area contributed by atoms with E-state index < -0.39 is 36.5 Å². The highest BCUT2D eigenvalue weighted by molar-refractivity contribution is 14.1. The number of nitrogens with one attached hydrogen (secondary N) is 2. The van der Waals surface area contributed by atoms with E-state index in [0.29, 0.717) is 55.3 Å². The van der Waals surface area contributed by atoms with Crippen LogP contribution in [-0.2, 0) is 10.0 Å². The molecule has 13 heteroatoms. The third-order valence-corrected chi connectivity index (χ3v) is 8.77. The van der Waals surface area contributed by atoms with Crippen molar-refractivity contribution < 1.29 is 31.2 Å². The molecule has 0 unspecified atom stereocenters. The summed E-state index contributed by atoms with van der Waals surface area (Å²) < 4.78 is 61.9. The lowest BCUT2D eigenvalue weighted by Gasteiger charge is -2.16. The van der Waals surface area contributed by atoms with Crippen molar-refractivity contribution in [3.05, 3.63) is 93.7 Å². The minimum absolute atomic E-state index is 0.242. The molecule has 38 heavy (non-hydrogen) atoms. The quantitative estimate of drug-likeness (QED) is 0.177. The van der Waals surface area contributed by atoms with Crippen LogP contribution >= 0.6 is 38.5 Å². The molecule has 7 nitrogen and oxygen atoms in total. The Hall–Kier alpha value is -3.04. The molecule has 0 fully saturated rings. The third-order valence-electron chi connectivity index (χ3n) is 5.48. The Balaban J connectivity index is 1.70. The molecule has 0 spiro atoms. The van der Waals surface area contributed by atoms with E-state index in [-0.39, 0.29) is 11.3 Å². The number of sulfonamides is 1. The summed E-state index contributed by atoms with van der Waals surface area (Å²) in [7, 11) is -5.33. The molecule has 0 saturated carbocycles. The van der Waals surface area contributed by atoms with Crippen LogP contribution in [0.15, 0.2) is 71.2 Å². The molecule has 1 heterocycles. The number of benzene rings is 3. The van der Waals surface area contributed by atoms with Crippen molar-refractivity contribution in [2.24, 2.45) is 0 Å². The number of rotatable bonds is 6. The summed E-state index contributed by atoms with van der Waals surface area (Å²) in [5, 5.41) is 2.98. The Labute approximate surface area is 237 Å². The molecule has 0 aliphatic heterocycles. The van der Waals surface area contributed by atoms with Crippen molar-refractivity contribution in [1.29, 1.82) is 0 Å². The van der Waals surface area contributed by atoms with Gasteiger partial charge in [0.25, 0.3) is 11.8 Å². The zero-order valence-corrected chi connectivity index (χ0v) is 23.8. The smallest absolute Gasteiger partial charge is 0.319 e. The predicted octanol–water partition coefficient (Wildman–Crippen LogP) is 6.41. The van der Waals surface area contributed by atoms with Gasteiger partial charge in [-0.25, -0.2) is 14.1 Å². The van der Waals surface area contributed by atoms with Crippen LogP contribution in [0.3, 0.4) is 0 Å². The van der Waals surface area contributed by atoms with Crippen molar-refractivity contribution in [2.75, 3.05) is 5.32 Å². The molecule has 0 radical (unpaired) electrons. The predicted molar refractivity (Wildman–Crippen MR) is 149 cm³/mol. The fraction of sp³-hybridized carbons (Fsp3) is 0.0800.